The molecule has 4 aliphatic heterocycles. The van der Waals surface area contributed by atoms with Gasteiger partial charge in [0.15, 0.2) is 18.9 Å². The third kappa shape index (κ3) is 9.80. The number of ether oxygens (including phenoxy) is 8. The third-order valence-electron chi connectivity index (χ3n) is 21.4. The van der Waals surface area contributed by atoms with E-state index in [-0.39, 0.29) is 39.4 Å². The highest BCUT2D eigenvalue weighted by molar-refractivity contribution is 5.79. The van der Waals surface area contributed by atoms with Crippen LogP contribution >= 0.6 is 0 Å². The van der Waals surface area contributed by atoms with E-state index in [2.05, 4.69) is 54.5 Å². The zero-order valence-corrected chi connectivity index (χ0v) is 45.3. The summed E-state index contributed by atoms with van der Waals surface area (Å²) < 4.78 is 48.9. The topological polar surface area (TPSA) is 374 Å². The van der Waals surface area contributed by atoms with Crippen LogP contribution in [0, 0.1) is 50.2 Å². The van der Waals surface area contributed by atoms with Gasteiger partial charge in [-0.25, -0.2) is 0 Å². The van der Waals surface area contributed by atoms with Gasteiger partial charge in [0, 0.05) is 0 Å². The van der Waals surface area contributed by atoms with Gasteiger partial charge in [-0.05, 0) is 109 Å². The van der Waals surface area contributed by atoms with Crippen molar-refractivity contribution in [3.8, 4) is 0 Å². The Morgan fingerprint density at radius 3 is 1.55 bits per heavy atom. The first-order valence-corrected chi connectivity index (χ1v) is 27.8. The maximum absolute atomic E-state index is 14.8. The summed E-state index contributed by atoms with van der Waals surface area (Å²) in [6, 6.07) is 0. The molecular weight excluding hydrogens is 1020 g/mol. The zero-order chi connectivity index (χ0) is 56.3. The van der Waals surface area contributed by atoms with Gasteiger partial charge in [0.1, 0.15) is 97.7 Å². The summed E-state index contributed by atoms with van der Waals surface area (Å²) in [5.41, 5.74) is -1.27. The average Bonchev–Trinajstić information content (AvgIpc) is 3.55. The van der Waals surface area contributed by atoms with Gasteiger partial charge in [-0.3, -0.25) is 4.79 Å². The molecule has 23 nitrogen and oxygen atoms in total. The quantitative estimate of drug-likeness (QED) is 0.0569. The molecule has 5 aliphatic carbocycles. The van der Waals surface area contributed by atoms with Crippen molar-refractivity contribution in [3.63, 3.8) is 0 Å². The molecule has 28 atom stereocenters. The SMILES string of the molecule is CC1(C)CC[C@@]2(C(=O)O[C@@H]3O[C@H](CO)[C@H](O)[C@H](O)[C@@H]3O)CC[C@@]3(C)C(=CC[C@@H]4[C@]5(C)CC[C@@H](O[C@@H]6O[C@H](CO)[C@@H](O)[C@H](O[C@H]7O[C@@H](CO)[C@H](O)[C@H](O)[C@H]7O)[C@@H]6O[C@@H]6O[C@H](CO)[C@H](O)[C@H](O)[C@@H]6O)C(C)(C)[C@H]5CC[C@]43C)[C@H]2C1. The molecule has 442 valence electrons. The van der Waals surface area contributed by atoms with E-state index in [4.69, 9.17) is 37.9 Å². The summed E-state index contributed by atoms with van der Waals surface area (Å²) in [4.78, 5) is 14.8. The molecule has 0 amide bonds. The fraction of sp³-hybridized carbons (Fsp3) is 0.944. The molecule has 4 heterocycles. The molecular formula is C54H88O23. The molecule has 23 heteroatoms. The molecule has 0 spiro atoms. The van der Waals surface area contributed by atoms with Crippen LogP contribution in [0.2, 0.25) is 0 Å². The second kappa shape index (κ2) is 21.8. The molecule has 14 N–H and O–H groups in total. The van der Waals surface area contributed by atoms with Crippen LogP contribution in [0.25, 0.3) is 0 Å². The highest BCUT2D eigenvalue weighted by Crippen LogP contribution is 2.76. The van der Waals surface area contributed by atoms with Crippen LogP contribution in [0.15, 0.2) is 11.6 Å². The van der Waals surface area contributed by atoms with Crippen LogP contribution in [0.1, 0.15) is 113 Å². The number of allylic oxidation sites excluding steroid dienone is 2. The van der Waals surface area contributed by atoms with Crippen molar-refractivity contribution in [1.29, 1.82) is 0 Å². The lowest BCUT2D eigenvalue weighted by Gasteiger charge is -2.71. The van der Waals surface area contributed by atoms with Gasteiger partial charge in [0.25, 0.3) is 0 Å². The second-order valence-electron chi connectivity index (χ2n) is 26.3. The first-order chi connectivity index (χ1) is 36.1. The van der Waals surface area contributed by atoms with Crippen molar-refractivity contribution >= 4 is 5.97 Å². The minimum Gasteiger partial charge on any atom is -0.432 e. The van der Waals surface area contributed by atoms with Gasteiger partial charge in [-0.15, -0.1) is 0 Å². The van der Waals surface area contributed by atoms with Crippen molar-refractivity contribution in [2.75, 3.05) is 26.4 Å². The van der Waals surface area contributed by atoms with E-state index >= 15 is 0 Å². The van der Waals surface area contributed by atoms with Gasteiger partial charge < -0.3 is 109 Å². The number of hydrogen-bond donors (Lipinski definition) is 14. The van der Waals surface area contributed by atoms with Gasteiger partial charge in [0.2, 0.25) is 6.29 Å². The number of carbonyl (C=O) groups is 1. The summed E-state index contributed by atoms with van der Waals surface area (Å²) in [7, 11) is 0. The number of rotatable bonds is 12. The molecule has 0 unspecified atom stereocenters. The lowest BCUT2D eigenvalue weighted by atomic mass is 9.33. The summed E-state index contributed by atoms with van der Waals surface area (Å²) in [5, 5.41) is 149. The predicted molar refractivity (Wildman–Crippen MR) is 263 cm³/mol. The molecule has 4 saturated heterocycles. The maximum atomic E-state index is 14.8. The first kappa shape index (κ1) is 60.0. The zero-order valence-electron chi connectivity index (χ0n) is 45.3. The number of aliphatic hydroxyl groups excluding tert-OH is 14. The van der Waals surface area contributed by atoms with Crippen LogP contribution in [-0.4, -0.2) is 233 Å². The molecule has 9 aliphatic rings. The highest BCUT2D eigenvalue weighted by Gasteiger charge is 2.70. The third-order valence-corrected chi connectivity index (χ3v) is 21.4. The average molecular weight is 1110 g/mol. The molecule has 9 rings (SSSR count). The number of carbonyl (C=O) groups excluding carboxylic acids is 1. The Morgan fingerprint density at radius 1 is 0.519 bits per heavy atom. The van der Waals surface area contributed by atoms with E-state index in [1.807, 2.05) is 0 Å². The van der Waals surface area contributed by atoms with E-state index in [1.54, 1.807) is 0 Å². The molecule has 0 aromatic heterocycles. The van der Waals surface area contributed by atoms with Crippen molar-refractivity contribution < 1.29 is 114 Å². The molecule has 4 saturated carbocycles. The Kier molecular flexibility index (Phi) is 17.0. The lowest BCUT2D eigenvalue weighted by molar-refractivity contribution is -0.399. The fourth-order valence-electron chi connectivity index (χ4n) is 16.5. The highest BCUT2D eigenvalue weighted by atomic mass is 16.8. The molecule has 77 heavy (non-hydrogen) atoms. The Labute approximate surface area is 449 Å². The summed E-state index contributed by atoms with van der Waals surface area (Å²) in [6.07, 6.45) is -25.0. The number of fused-ring (bicyclic) bond motifs is 7. The van der Waals surface area contributed by atoms with Crippen molar-refractivity contribution in [1.82, 2.24) is 0 Å². The van der Waals surface area contributed by atoms with E-state index in [1.165, 1.54) is 5.57 Å². The smallest absolute Gasteiger partial charge is 0.315 e. The number of esters is 1. The van der Waals surface area contributed by atoms with Crippen LogP contribution in [-0.2, 0) is 42.7 Å². The second-order valence-corrected chi connectivity index (χ2v) is 26.3. The van der Waals surface area contributed by atoms with Gasteiger partial charge in [-0.1, -0.05) is 60.1 Å². The normalized spacial score (nSPS) is 53.4. The van der Waals surface area contributed by atoms with Gasteiger partial charge in [-0.2, -0.15) is 0 Å². The largest absolute Gasteiger partial charge is 0.432 e. The van der Waals surface area contributed by atoms with Crippen LogP contribution in [0.3, 0.4) is 0 Å². The van der Waals surface area contributed by atoms with E-state index in [9.17, 15) is 76.3 Å². The van der Waals surface area contributed by atoms with Crippen molar-refractivity contribution in [3.05, 3.63) is 11.6 Å². The molecule has 0 aromatic rings. The molecule has 0 radical (unpaired) electrons. The van der Waals surface area contributed by atoms with Crippen molar-refractivity contribution in [2.45, 2.75) is 242 Å². The molecule has 8 fully saturated rings. The Hall–Kier alpha value is -1.63. The minimum atomic E-state index is -1.94. The predicted octanol–water partition coefficient (Wildman–Crippen LogP) is -2.04. The van der Waals surface area contributed by atoms with Crippen LogP contribution in [0.5, 0.6) is 0 Å². The molecule has 0 aromatic carbocycles. The fourth-order valence-corrected chi connectivity index (χ4v) is 16.5. The van der Waals surface area contributed by atoms with E-state index < -0.39 is 172 Å². The lowest BCUT2D eigenvalue weighted by Crippen LogP contribution is -2.68. The van der Waals surface area contributed by atoms with Gasteiger partial charge in [0.05, 0.1) is 37.9 Å². The number of hydrogen-bond acceptors (Lipinski definition) is 23. The van der Waals surface area contributed by atoms with E-state index in [0.717, 1.165) is 32.1 Å². The summed E-state index contributed by atoms with van der Waals surface area (Å²) in [5.74, 6) is -0.507. The summed E-state index contributed by atoms with van der Waals surface area (Å²) >= 11 is 0. The monoisotopic (exact) mass is 1100 g/mol. The Morgan fingerprint density at radius 2 is 1.00 bits per heavy atom. The Bertz CT molecular complexity index is 2110. The first-order valence-electron chi connectivity index (χ1n) is 27.8. The summed E-state index contributed by atoms with van der Waals surface area (Å²) in [6.45, 7) is 12.8. The van der Waals surface area contributed by atoms with Crippen LogP contribution in [0.4, 0.5) is 0 Å². The Balaban J connectivity index is 0.995. The van der Waals surface area contributed by atoms with Crippen molar-refractivity contribution in [2.24, 2.45) is 50.2 Å². The standard InChI is InChI=1S/C54H88O23/c1-49(2)14-16-54(48(69)77-46-41(68)38(65)34(61)27(21-57)72-46)17-15-52(6)23(24(54)18-49)8-9-30-51(5)12-11-31(50(3,4)29(51)10-13-53(30,52)7)74-47-43(76-45-40(67)37(64)33(60)26(20-56)71-45)42(35(62)28(22-58)73-47)75-44-39(66)36(63)32(59)25(19-55)70-44/h8,24-47,55-68H,9-22H2,1-7H3/t24-,25+,26-,27-,28-,29-,30-,31-,32+,33+,34+,35-,36+,37+,38+,39-,40+,41+,42+,43+,44-,45+,46+,47+,51-,52+,53-,54-/m1/s1. The minimum absolute atomic E-state index is 0.0454. The number of aliphatic hydroxyl groups is 14. The van der Waals surface area contributed by atoms with Crippen LogP contribution < -0.4 is 0 Å². The van der Waals surface area contributed by atoms with E-state index in [0.29, 0.717) is 32.1 Å². The molecule has 0 bridgehead atoms. The maximum Gasteiger partial charge on any atom is 0.315 e. The van der Waals surface area contributed by atoms with Gasteiger partial charge >= 0.3 is 5.97 Å².